The SMILES string of the molecule is CC1(C)CCN(C(=O)CCC(=O)O)c2ccc(C#Cc3ccc(OS(=O)(=O)F)cc3)cc21. The maximum atomic E-state index is 12.6. The zero-order valence-electron chi connectivity index (χ0n) is 17.6. The summed E-state index contributed by atoms with van der Waals surface area (Å²) < 4.78 is 37.8. The summed E-state index contributed by atoms with van der Waals surface area (Å²) in [6.07, 6.45) is 0.466. The number of amides is 1. The van der Waals surface area contributed by atoms with Crippen molar-refractivity contribution in [3.63, 3.8) is 0 Å². The number of hydrogen-bond acceptors (Lipinski definition) is 5. The molecule has 0 saturated carbocycles. The molecule has 168 valence electrons. The summed E-state index contributed by atoms with van der Waals surface area (Å²) >= 11 is 0. The molecule has 2 aromatic carbocycles. The van der Waals surface area contributed by atoms with Gasteiger partial charge in [0, 0.05) is 29.8 Å². The Bertz CT molecular complexity index is 1210. The van der Waals surface area contributed by atoms with Crippen molar-refractivity contribution in [3.05, 3.63) is 59.2 Å². The molecular weight excluding hydrogens is 437 g/mol. The van der Waals surface area contributed by atoms with Crippen molar-refractivity contribution in [1.29, 1.82) is 0 Å². The average molecular weight is 459 g/mol. The first-order valence-electron chi connectivity index (χ1n) is 9.87. The maximum absolute atomic E-state index is 12.6. The minimum Gasteiger partial charge on any atom is -0.481 e. The lowest BCUT2D eigenvalue weighted by molar-refractivity contribution is -0.138. The highest BCUT2D eigenvalue weighted by Gasteiger charge is 2.33. The molecule has 0 fully saturated rings. The fourth-order valence-electron chi connectivity index (χ4n) is 3.50. The third-order valence-corrected chi connectivity index (χ3v) is 5.62. The van der Waals surface area contributed by atoms with Crippen molar-refractivity contribution < 1.29 is 31.2 Å². The molecule has 32 heavy (non-hydrogen) atoms. The smallest absolute Gasteiger partial charge is 0.481 e. The zero-order chi connectivity index (χ0) is 23.5. The second kappa shape index (κ2) is 9.01. The number of carbonyl (C=O) groups is 2. The lowest BCUT2D eigenvalue weighted by Gasteiger charge is -2.39. The molecule has 0 saturated heterocycles. The number of fused-ring (bicyclic) bond motifs is 1. The van der Waals surface area contributed by atoms with Gasteiger partial charge in [0.05, 0.1) is 6.42 Å². The number of benzene rings is 2. The van der Waals surface area contributed by atoms with E-state index in [1.807, 2.05) is 12.1 Å². The van der Waals surface area contributed by atoms with Crippen LogP contribution in [0.5, 0.6) is 5.75 Å². The minimum absolute atomic E-state index is 0.0554. The van der Waals surface area contributed by atoms with Crippen LogP contribution in [0, 0.1) is 11.8 Å². The van der Waals surface area contributed by atoms with E-state index in [9.17, 15) is 21.9 Å². The predicted octanol–water partition coefficient (Wildman–Crippen LogP) is 3.56. The average Bonchev–Trinajstić information content (AvgIpc) is 2.70. The normalized spacial score (nSPS) is 14.7. The highest BCUT2D eigenvalue weighted by molar-refractivity contribution is 7.81. The highest BCUT2D eigenvalue weighted by atomic mass is 32.3. The molecule has 1 heterocycles. The molecule has 0 aliphatic carbocycles. The van der Waals surface area contributed by atoms with Crippen LogP contribution in [-0.4, -0.2) is 31.9 Å². The number of anilines is 1. The predicted molar refractivity (Wildman–Crippen MR) is 116 cm³/mol. The van der Waals surface area contributed by atoms with Crippen molar-refractivity contribution in [3.8, 4) is 17.6 Å². The molecule has 1 N–H and O–H groups in total. The summed E-state index contributed by atoms with van der Waals surface area (Å²) in [5, 5.41) is 8.86. The van der Waals surface area contributed by atoms with Gasteiger partial charge >= 0.3 is 16.5 Å². The monoisotopic (exact) mass is 459 g/mol. The van der Waals surface area contributed by atoms with E-state index in [0.29, 0.717) is 12.1 Å². The first-order valence-corrected chi connectivity index (χ1v) is 11.2. The van der Waals surface area contributed by atoms with Gasteiger partial charge in [-0.1, -0.05) is 29.6 Å². The number of hydrogen-bond donors (Lipinski definition) is 1. The summed E-state index contributed by atoms with van der Waals surface area (Å²) in [4.78, 5) is 25.0. The Morgan fingerprint density at radius 2 is 1.72 bits per heavy atom. The van der Waals surface area contributed by atoms with E-state index in [2.05, 4.69) is 29.9 Å². The molecule has 7 nitrogen and oxygen atoms in total. The topological polar surface area (TPSA) is 101 Å². The fourth-order valence-corrected chi connectivity index (χ4v) is 3.84. The third kappa shape index (κ3) is 5.86. The minimum atomic E-state index is -5.08. The van der Waals surface area contributed by atoms with Crippen molar-refractivity contribution in [2.75, 3.05) is 11.4 Å². The number of carboxylic acid groups (broad SMARTS) is 1. The molecule has 3 rings (SSSR count). The van der Waals surface area contributed by atoms with E-state index in [4.69, 9.17) is 5.11 Å². The molecule has 0 unspecified atom stereocenters. The lowest BCUT2D eigenvalue weighted by Crippen LogP contribution is -2.41. The molecule has 1 aliphatic heterocycles. The molecular formula is C23H22FNO6S. The Morgan fingerprint density at radius 3 is 2.34 bits per heavy atom. The van der Waals surface area contributed by atoms with E-state index < -0.39 is 16.5 Å². The molecule has 2 aromatic rings. The second-order valence-electron chi connectivity index (χ2n) is 8.06. The van der Waals surface area contributed by atoms with E-state index in [0.717, 1.165) is 23.2 Å². The van der Waals surface area contributed by atoms with Gasteiger partial charge in [-0.05, 0) is 59.9 Å². The van der Waals surface area contributed by atoms with E-state index in [1.165, 1.54) is 24.3 Å². The van der Waals surface area contributed by atoms with Gasteiger partial charge in [-0.3, -0.25) is 9.59 Å². The van der Waals surface area contributed by atoms with Crippen molar-refractivity contribution >= 4 is 28.1 Å². The van der Waals surface area contributed by atoms with E-state index >= 15 is 0 Å². The standard InChI is InChI=1S/C23H22FNO6S/c1-23(2)13-14-25(21(26)11-12-22(27)28)20-10-7-17(15-19(20)23)4-3-16-5-8-18(9-6-16)31-32(24,29)30/h5-10,15H,11-14H2,1-2H3,(H,27,28). The van der Waals surface area contributed by atoms with Gasteiger partial charge in [0.25, 0.3) is 0 Å². The van der Waals surface area contributed by atoms with Crippen LogP contribution < -0.4 is 9.08 Å². The maximum Gasteiger partial charge on any atom is 0.488 e. The van der Waals surface area contributed by atoms with Gasteiger partial charge in [0.15, 0.2) is 0 Å². The van der Waals surface area contributed by atoms with Crippen LogP contribution in [0.3, 0.4) is 0 Å². The van der Waals surface area contributed by atoms with Crippen LogP contribution in [0.2, 0.25) is 0 Å². The Morgan fingerprint density at radius 1 is 1.09 bits per heavy atom. The number of carboxylic acids is 1. The van der Waals surface area contributed by atoms with Crippen molar-refractivity contribution in [2.45, 2.75) is 38.5 Å². The van der Waals surface area contributed by atoms with E-state index in [-0.39, 0.29) is 29.9 Å². The van der Waals surface area contributed by atoms with E-state index in [1.54, 1.807) is 11.0 Å². The van der Waals surface area contributed by atoms with Gasteiger partial charge in [-0.2, -0.15) is 8.42 Å². The fraction of sp³-hybridized carbons (Fsp3) is 0.304. The highest BCUT2D eigenvalue weighted by Crippen LogP contribution is 2.40. The van der Waals surface area contributed by atoms with Crippen molar-refractivity contribution in [1.82, 2.24) is 0 Å². The van der Waals surface area contributed by atoms with Gasteiger partial charge in [-0.15, -0.1) is 0 Å². The Labute approximate surface area is 186 Å². The van der Waals surface area contributed by atoms with Gasteiger partial charge in [0.2, 0.25) is 5.91 Å². The van der Waals surface area contributed by atoms with Crippen molar-refractivity contribution in [2.24, 2.45) is 0 Å². The van der Waals surface area contributed by atoms with Crippen LogP contribution in [0.25, 0.3) is 0 Å². The molecule has 1 amide bonds. The molecule has 0 aromatic heterocycles. The van der Waals surface area contributed by atoms with Crippen LogP contribution in [0.15, 0.2) is 42.5 Å². The zero-order valence-corrected chi connectivity index (χ0v) is 18.4. The molecule has 0 spiro atoms. The van der Waals surface area contributed by atoms with Gasteiger partial charge in [-0.25, -0.2) is 0 Å². The Hall–Kier alpha value is -3.38. The molecule has 0 bridgehead atoms. The summed E-state index contributed by atoms with van der Waals surface area (Å²) in [6.45, 7) is 4.69. The molecule has 0 atom stereocenters. The number of carbonyl (C=O) groups excluding carboxylic acids is 1. The van der Waals surface area contributed by atoms with Crippen LogP contribution in [-0.2, 0) is 25.5 Å². The number of aliphatic carboxylic acids is 1. The first-order chi connectivity index (χ1) is 14.9. The summed E-state index contributed by atoms with van der Waals surface area (Å²) in [5.41, 5.74) is 2.83. The molecule has 1 aliphatic rings. The summed E-state index contributed by atoms with van der Waals surface area (Å²) in [5.74, 6) is 4.61. The molecule has 0 radical (unpaired) electrons. The number of rotatable bonds is 5. The Balaban J connectivity index is 1.84. The number of nitrogens with zero attached hydrogens (tertiary/aromatic N) is 1. The largest absolute Gasteiger partial charge is 0.488 e. The molecule has 9 heteroatoms. The van der Waals surface area contributed by atoms with Gasteiger partial charge < -0.3 is 14.2 Å². The lowest BCUT2D eigenvalue weighted by atomic mass is 9.77. The van der Waals surface area contributed by atoms with Gasteiger partial charge in [0.1, 0.15) is 5.75 Å². The summed E-state index contributed by atoms with van der Waals surface area (Å²) in [6, 6.07) is 11.2. The Kier molecular flexibility index (Phi) is 6.55. The summed E-state index contributed by atoms with van der Waals surface area (Å²) in [7, 11) is -5.08. The second-order valence-corrected chi connectivity index (χ2v) is 9.01. The quantitative estimate of drug-likeness (QED) is 0.542. The van der Waals surface area contributed by atoms with Crippen LogP contribution >= 0.6 is 0 Å². The number of halogens is 1. The van der Waals surface area contributed by atoms with Crippen LogP contribution in [0.4, 0.5) is 9.57 Å². The first kappa shape index (κ1) is 23.3. The van der Waals surface area contributed by atoms with Crippen LogP contribution in [0.1, 0.15) is 49.8 Å². The third-order valence-electron chi connectivity index (χ3n) is 5.23.